The lowest BCUT2D eigenvalue weighted by molar-refractivity contribution is -0.138. The Hall–Kier alpha value is -10.1. The summed E-state index contributed by atoms with van der Waals surface area (Å²) in [7, 11) is 0. The fraction of sp³-hybridized carbons (Fsp3) is 0.397. The van der Waals surface area contributed by atoms with Gasteiger partial charge in [0.25, 0.3) is 5.91 Å². The zero-order valence-corrected chi connectivity index (χ0v) is 58.0. The zero-order valence-electron chi connectivity index (χ0n) is 58.0. The number of carbonyl (C=O) groups is 5. The van der Waals surface area contributed by atoms with Gasteiger partial charge in [0.05, 0.1) is 45.2 Å². The summed E-state index contributed by atoms with van der Waals surface area (Å²) < 4.78 is 64.3. The van der Waals surface area contributed by atoms with Gasteiger partial charge in [-0.2, -0.15) is 5.10 Å². The molecule has 8 aromatic rings. The molecule has 3 aromatic heterocycles. The highest BCUT2D eigenvalue weighted by molar-refractivity contribution is 5.97. The van der Waals surface area contributed by atoms with E-state index >= 15 is 0 Å². The number of aliphatic hydroxyl groups excluding tert-OH is 1. The molecule has 4 saturated heterocycles. The number of aromatic nitrogens is 5. The van der Waals surface area contributed by atoms with Gasteiger partial charge in [0, 0.05) is 128 Å². The number of nitrogens with one attached hydrogen (secondary N) is 4. The van der Waals surface area contributed by atoms with Gasteiger partial charge in [-0.1, -0.05) is 54.6 Å². The number of aromatic amines is 1. The van der Waals surface area contributed by atoms with Gasteiger partial charge < -0.3 is 76.5 Å². The topological polar surface area (TPSA) is 349 Å². The molecule has 550 valence electrons. The number of carbonyl (C=O) groups excluding carboxylic acids is 5. The Kier molecular flexibility index (Phi) is 23.8. The summed E-state index contributed by atoms with van der Waals surface area (Å²) in [6.45, 7) is 3.29. The molecule has 0 bridgehead atoms. The van der Waals surface area contributed by atoms with Crippen LogP contribution >= 0.6 is 0 Å². The first-order chi connectivity index (χ1) is 51.2. The first-order valence-corrected chi connectivity index (χ1v) is 35.8. The van der Waals surface area contributed by atoms with Crippen LogP contribution in [0.4, 0.5) is 26.0 Å². The normalized spacial score (nSPS) is 22.0. The number of alkyl halides is 2. The fourth-order valence-electron chi connectivity index (χ4n) is 13.5. The van der Waals surface area contributed by atoms with E-state index in [9.17, 15) is 32.8 Å². The average Bonchev–Trinajstić information content (AvgIpc) is 1.65. The summed E-state index contributed by atoms with van der Waals surface area (Å²) in [5.41, 5.74) is 28.3. The summed E-state index contributed by atoms with van der Waals surface area (Å²) in [5.74, 6) is 1.99. The number of piperidine rings is 2. The third-order valence-corrected chi connectivity index (χ3v) is 19.8. The number of nitrogens with two attached hydrogens (primary N) is 3. The van der Waals surface area contributed by atoms with Crippen LogP contribution < -0.4 is 47.4 Å². The number of hydrogen-bond acceptors (Lipinski definition) is 19. The van der Waals surface area contributed by atoms with Gasteiger partial charge in [-0.05, 0) is 138 Å². The second-order valence-electron chi connectivity index (χ2n) is 27.2. The van der Waals surface area contributed by atoms with Crippen LogP contribution in [0.15, 0.2) is 152 Å². The van der Waals surface area contributed by atoms with Crippen LogP contribution in [-0.2, 0) is 53.0 Å². The summed E-state index contributed by atoms with van der Waals surface area (Å²) in [5, 5.41) is 24.1. The predicted octanol–water partition coefficient (Wildman–Crippen LogP) is 8.88. The summed E-state index contributed by atoms with van der Waals surface area (Å²) in [6.07, 6.45) is 6.30. The monoisotopic (exact) mass is 1440 g/mol. The second kappa shape index (κ2) is 34.2. The lowest BCUT2D eigenvalue weighted by Gasteiger charge is -2.34. The molecule has 7 heterocycles. The van der Waals surface area contributed by atoms with Crippen LogP contribution in [0.1, 0.15) is 90.2 Å². The Morgan fingerprint density at radius 2 is 1.15 bits per heavy atom. The van der Waals surface area contributed by atoms with E-state index in [0.29, 0.717) is 80.0 Å². The number of aliphatic hydroxyl groups is 1. The van der Waals surface area contributed by atoms with Crippen molar-refractivity contribution in [1.29, 1.82) is 0 Å². The molecule has 25 nitrogen and oxygen atoms in total. The van der Waals surface area contributed by atoms with Gasteiger partial charge in [-0.25, -0.2) is 18.7 Å². The Morgan fingerprint density at radius 3 is 1.79 bits per heavy atom. The highest BCUT2D eigenvalue weighted by atomic mass is 19.1. The standard InChI is InChI=1S/C30H32FN3O4.C24H26FN7O3.C24H29N3O5/c31-26-17-34(29(36)18-35)12-11-28(26)38-27-10-9-21(13-22(27)16-32)20-7-4-8-23(14-20)33-30(37)25-15-24(25)19-5-2-1-3-6-19;25-18-12-32(24(34)22-28-13-29-31-22)8-6-21(18)35-20-4-3-15(9-16(20)11-26)19-10-17(5-7-27-19)30-23(33)14-1-2-14;25-14-17-11-15(1-2-21(17)32-18-4-7-29-8-5-18)16-3-6-26-22(12-16)27-23(28)19-13-20(19)24-30-9-10-31-24/h1-10,13-14,24-26,28,35H,11-12,15-18,32H2,(H,33,37);3-5,7,9-10,13-14,18,21H,1-2,6,8,11-12,26H2,(H,27,30,33)(H,28,29,31);1-3,6,11-12,18-20,24H,4-5,7-10,13-14,25H2,(H,26,27,28)/t24-,25-,26-,28+;18-,21+;19-,20-/m111/s1. The molecule has 15 rings (SSSR count). The number of rotatable bonds is 22. The third kappa shape index (κ3) is 18.7. The molecule has 0 spiro atoms. The molecule has 11 N–H and O–H groups in total. The molecular weight excluding hydrogens is 1350 g/mol. The van der Waals surface area contributed by atoms with Crippen molar-refractivity contribution < 1.29 is 66.3 Å². The Balaban J connectivity index is 0.000000140. The van der Waals surface area contributed by atoms with E-state index in [1.807, 2.05) is 103 Å². The van der Waals surface area contributed by atoms with E-state index in [4.69, 9.17) is 50.7 Å². The van der Waals surface area contributed by atoms with E-state index in [1.165, 1.54) is 21.7 Å². The molecule has 7 aliphatic rings. The van der Waals surface area contributed by atoms with Crippen molar-refractivity contribution >= 4 is 46.7 Å². The molecule has 27 heteroatoms. The Labute approximate surface area is 606 Å². The van der Waals surface area contributed by atoms with Gasteiger partial charge in [0.15, 0.2) is 18.6 Å². The van der Waals surface area contributed by atoms with Crippen LogP contribution in [0.5, 0.6) is 17.2 Å². The summed E-state index contributed by atoms with van der Waals surface area (Å²) in [4.78, 5) is 76.9. The Morgan fingerprint density at radius 1 is 0.562 bits per heavy atom. The van der Waals surface area contributed by atoms with Crippen molar-refractivity contribution in [3.05, 3.63) is 180 Å². The van der Waals surface area contributed by atoms with Crippen LogP contribution in [0.25, 0.3) is 33.5 Å². The molecule has 3 saturated carbocycles. The predicted molar refractivity (Wildman–Crippen MR) is 386 cm³/mol. The summed E-state index contributed by atoms with van der Waals surface area (Å²) in [6, 6.07) is 42.2. The largest absolute Gasteiger partial charge is 0.490 e. The highest BCUT2D eigenvalue weighted by Crippen LogP contribution is 2.48. The number of hydrogen-bond donors (Lipinski definition) is 8. The number of pyridine rings is 2. The minimum absolute atomic E-state index is 0.0192. The molecule has 5 aromatic carbocycles. The van der Waals surface area contributed by atoms with Crippen LogP contribution in [0.2, 0.25) is 0 Å². The van der Waals surface area contributed by atoms with Crippen molar-refractivity contribution in [1.82, 2.24) is 34.9 Å². The lowest BCUT2D eigenvalue weighted by Crippen LogP contribution is -2.50. The SMILES string of the molecule is NCc1cc(-c2cc(NC(=O)C3CC3)ccn2)ccc1O[C@H]1CCN(C(=O)c2ncn[nH]2)C[C@H]1F.NCc1cc(-c2cccc(NC(=O)[C@@H]3C[C@@H]3c3ccccc3)c2)ccc1O[C@H]1CCN(C(=O)CO)C[C@H]1F.NCc1cc(-c2ccnc(NC(=O)[C@@H]3C[C@H]3C3OCCO3)c2)ccc1OC1CCOCC1. The van der Waals surface area contributed by atoms with E-state index in [-0.39, 0.29) is 91.7 Å². The van der Waals surface area contributed by atoms with Gasteiger partial charge in [-0.3, -0.25) is 34.1 Å². The molecular formula is C78H87F2N13O12. The number of benzene rings is 5. The van der Waals surface area contributed by atoms with Gasteiger partial charge in [0.1, 0.15) is 54.3 Å². The maximum absolute atomic E-state index is 14.9. The zero-order chi connectivity index (χ0) is 72.9. The quantitative estimate of drug-likeness (QED) is 0.0314. The van der Waals surface area contributed by atoms with Crippen LogP contribution in [-0.4, -0.2) is 166 Å². The van der Waals surface area contributed by atoms with E-state index in [2.05, 4.69) is 53.2 Å². The first-order valence-electron chi connectivity index (χ1n) is 35.8. The van der Waals surface area contributed by atoms with E-state index < -0.39 is 43.0 Å². The van der Waals surface area contributed by atoms with Crippen molar-refractivity contribution in [2.24, 2.45) is 40.9 Å². The molecule has 0 radical (unpaired) electrons. The molecule has 8 atom stereocenters. The molecule has 105 heavy (non-hydrogen) atoms. The smallest absolute Gasteiger partial charge is 0.291 e. The average molecular weight is 1440 g/mol. The summed E-state index contributed by atoms with van der Waals surface area (Å²) >= 11 is 0. The van der Waals surface area contributed by atoms with Crippen LogP contribution in [0, 0.1) is 23.7 Å². The second-order valence-corrected chi connectivity index (χ2v) is 27.2. The molecule has 5 amide bonds. The Bertz CT molecular complexity index is 4340. The fourth-order valence-corrected chi connectivity index (χ4v) is 13.5. The lowest BCUT2D eigenvalue weighted by atomic mass is 10.0. The number of H-pyrrole nitrogens is 1. The molecule has 0 unspecified atom stereocenters. The maximum atomic E-state index is 14.9. The third-order valence-electron chi connectivity index (χ3n) is 19.8. The van der Waals surface area contributed by atoms with Gasteiger partial charge >= 0.3 is 0 Å². The van der Waals surface area contributed by atoms with Crippen molar-refractivity contribution in [2.45, 2.75) is 114 Å². The highest BCUT2D eigenvalue weighted by Gasteiger charge is 2.50. The van der Waals surface area contributed by atoms with Crippen molar-refractivity contribution in [2.75, 3.05) is 75.2 Å². The van der Waals surface area contributed by atoms with Crippen molar-refractivity contribution in [3.8, 4) is 50.8 Å². The number of halogens is 2. The van der Waals surface area contributed by atoms with Gasteiger partial charge in [-0.15, -0.1) is 0 Å². The van der Waals surface area contributed by atoms with Crippen LogP contribution in [0.3, 0.4) is 0 Å². The molecule has 4 aliphatic heterocycles. The number of nitrogens with zero attached hydrogens (tertiary/aromatic N) is 6. The maximum Gasteiger partial charge on any atom is 0.291 e. The molecule has 7 fully saturated rings. The number of likely N-dealkylation sites (tertiary alicyclic amines) is 2. The minimum Gasteiger partial charge on any atom is -0.490 e. The van der Waals surface area contributed by atoms with Crippen molar-refractivity contribution in [3.63, 3.8) is 0 Å². The number of ether oxygens (including phenoxy) is 6. The molecule has 3 aliphatic carbocycles. The number of anilines is 3. The number of amides is 5. The van der Waals surface area contributed by atoms with E-state index in [0.717, 1.165) is 102 Å². The van der Waals surface area contributed by atoms with E-state index in [1.54, 1.807) is 30.6 Å². The van der Waals surface area contributed by atoms with Gasteiger partial charge in [0.2, 0.25) is 29.5 Å². The minimum atomic E-state index is -1.37. The first kappa shape index (κ1) is 73.2.